The van der Waals surface area contributed by atoms with Crippen LogP contribution in [0.15, 0.2) is 46.6 Å². The summed E-state index contributed by atoms with van der Waals surface area (Å²) in [5.74, 6) is -1.62. The summed E-state index contributed by atoms with van der Waals surface area (Å²) in [5.41, 5.74) is 0.773. The SMILES string of the molecule is COc1ccc(C(=O)Oc2c(Cl)cc(/C=N\N=C3\NC(=O)[C@H](CC(=O)[O-])S3)cc2OC)cc1. The monoisotopic (exact) mass is 490 g/mol. The number of rotatable bonds is 8. The van der Waals surface area contributed by atoms with E-state index in [9.17, 15) is 19.5 Å². The van der Waals surface area contributed by atoms with Gasteiger partial charge >= 0.3 is 5.97 Å². The smallest absolute Gasteiger partial charge is 0.343 e. The number of carbonyl (C=O) groups excluding carboxylic acids is 3. The van der Waals surface area contributed by atoms with Crippen LogP contribution in [-0.4, -0.2) is 48.7 Å². The predicted molar refractivity (Wildman–Crippen MR) is 120 cm³/mol. The Hall–Kier alpha value is -3.57. The van der Waals surface area contributed by atoms with Gasteiger partial charge in [-0.05, 0) is 36.4 Å². The van der Waals surface area contributed by atoms with Crippen molar-refractivity contribution in [1.82, 2.24) is 5.32 Å². The molecule has 2 aromatic carbocycles. The number of thioether (sulfide) groups is 1. The van der Waals surface area contributed by atoms with Crippen LogP contribution in [0.4, 0.5) is 0 Å². The number of amides is 1. The summed E-state index contributed by atoms with van der Waals surface area (Å²) in [6.45, 7) is 0. The van der Waals surface area contributed by atoms with Crippen LogP contribution >= 0.6 is 23.4 Å². The molecule has 1 N–H and O–H groups in total. The maximum atomic E-state index is 12.5. The predicted octanol–water partition coefficient (Wildman–Crippen LogP) is 1.64. The van der Waals surface area contributed by atoms with Gasteiger partial charge in [-0.1, -0.05) is 23.4 Å². The number of carbonyl (C=O) groups is 3. The molecule has 1 amide bonds. The number of aliphatic carboxylic acids is 1. The minimum Gasteiger partial charge on any atom is -0.550 e. The molecule has 172 valence electrons. The normalized spacial score (nSPS) is 16.6. The highest BCUT2D eigenvalue weighted by molar-refractivity contribution is 8.15. The quantitative estimate of drug-likeness (QED) is 0.255. The average molecular weight is 491 g/mol. The Morgan fingerprint density at radius 3 is 2.58 bits per heavy atom. The van der Waals surface area contributed by atoms with Gasteiger partial charge in [0.15, 0.2) is 16.7 Å². The Kier molecular flexibility index (Phi) is 7.91. The molecule has 0 unspecified atom stereocenters. The van der Waals surface area contributed by atoms with Crippen LogP contribution in [0, 0.1) is 0 Å². The van der Waals surface area contributed by atoms with Crippen LogP contribution < -0.4 is 24.6 Å². The van der Waals surface area contributed by atoms with E-state index in [2.05, 4.69) is 15.5 Å². The molecule has 1 aliphatic heterocycles. The molecule has 0 radical (unpaired) electrons. The molecule has 33 heavy (non-hydrogen) atoms. The fourth-order valence-corrected chi connectivity index (χ4v) is 3.84. The zero-order valence-electron chi connectivity index (χ0n) is 17.4. The number of halogens is 1. The van der Waals surface area contributed by atoms with E-state index in [0.29, 0.717) is 16.9 Å². The number of ether oxygens (including phenoxy) is 3. The van der Waals surface area contributed by atoms with Gasteiger partial charge in [0.05, 0.1) is 36.3 Å². The minimum atomic E-state index is -1.33. The average Bonchev–Trinajstić information content (AvgIpc) is 3.13. The molecule has 1 atom stereocenters. The zero-order valence-corrected chi connectivity index (χ0v) is 18.9. The molecule has 10 nitrogen and oxygen atoms in total. The van der Waals surface area contributed by atoms with Crippen LogP contribution in [0.3, 0.4) is 0 Å². The van der Waals surface area contributed by atoms with Gasteiger partial charge in [-0.2, -0.15) is 5.10 Å². The standard InChI is InChI=1S/C21H18ClN3O7S/c1-30-13-5-3-12(4-6-13)20(29)32-18-14(22)7-11(8-15(18)31-2)10-23-25-21-24-19(28)16(33-21)9-17(26)27/h3-8,10,16H,9H2,1-2H3,(H,26,27)(H,24,25,28)/p-1/b23-10-/t16-/m0/s1. The van der Waals surface area contributed by atoms with Gasteiger partial charge in [0.25, 0.3) is 0 Å². The molecular weight excluding hydrogens is 474 g/mol. The second-order valence-electron chi connectivity index (χ2n) is 6.47. The minimum absolute atomic E-state index is 0.0344. The Morgan fingerprint density at radius 2 is 1.94 bits per heavy atom. The first-order valence-corrected chi connectivity index (χ1v) is 10.6. The third kappa shape index (κ3) is 6.24. The van der Waals surface area contributed by atoms with Crippen molar-refractivity contribution in [2.75, 3.05) is 14.2 Å². The highest BCUT2D eigenvalue weighted by Crippen LogP contribution is 2.36. The van der Waals surface area contributed by atoms with Crippen molar-refractivity contribution in [3.05, 3.63) is 52.5 Å². The molecule has 0 spiro atoms. The lowest BCUT2D eigenvalue weighted by atomic mass is 10.2. The molecule has 3 rings (SSSR count). The molecule has 0 bridgehead atoms. The summed E-state index contributed by atoms with van der Waals surface area (Å²) in [6.07, 6.45) is 0.915. The Labute approximate surface area is 197 Å². The van der Waals surface area contributed by atoms with Crippen molar-refractivity contribution in [3.8, 4) is 17.2 Å². The lowest BCUT2D eigenvalue weighted by Crippen LogP contribution is -2.31. The topological polar surface area (TPSA) is 139 Å². The molecule has 1 aliphatic rings. The second kappa shape index (κ2) is 10.8. The second-order valence-corrected chi connectivity index (χ2v) is 8.07. The van der Waals surface area contributed by atoms with Crippen molar-refractivity contribution in [2.24, 2.45) is 10.2 Å². The van der Waals surface area contributed by atoms with Gasteiger partial charge in [0.1, 0.15) is 5.75 Å². The van der Waals surface area contributed by atoms with Gasteiger partial charge in [0, 0.05) is 18.0 Å². The molecule has 0 aromatic heterocycles. The molecule has 1 saturated heterocycles. The Morgan fingerprint density at radius 1 is 1.21 bits per heavy atom. The number of nitrogens with one attached hydrogen (secondary N) is 1. The molecule has 0 aliphatic carbocycles. The van der Waals surface area contributed by atoms with Gasteiger partial charge in [0.2, 0.25) is 5.91 Å². The lowest BCUT2D eigenvalue weighted by molar-refractivity contribution is -0.305. The van der Waals surface area contributed by atoms with Gasteiger partial charge < -0.3 is 29.4 Å². The first-order chi connectivity index (χ1) is 15.8. The van der Waals surface area contributed by atoms with E-state index in [0.717, 1.165) is 11.8 Å². The summed E-state index contributed by atoms with van der Waals surface area (Å²) in [6, 6.07) is 9.39. The first kappa shape index (κ1) is 24.1. The van der Waals surface area contributed by atoms with E-state index in [4.69, 9.17) is 25.8 Å². The summed E-state index contributed by atoms with van der Waals surface area (Å²) in [4.78, 5) is 34.8. The third-order valence-corrected chi connectivity index (χ3v) is 5.61. The van der Waals surface area contributed by atoms with E-state index < -0.39 is 29.5 Å². The molecule has 0 saturated carbocycles. The van der Waals surface area contributed by atoms with Crippen LogP contribution in [0.2, 0.25) is 5.02 Å². The highest BCUT2D eigenvalue weighted by Gasteiger charge is 2.30. The first-order valence-electron chi connectivity index (χ1n) is 9.33. The number of esters is 1. The van der Waals surface area contributed by atoms with Crippen molar-refractivity contribution in [3.63, 3.8) is 0 Å². The van der Waals surface area contributed by atoms with Crippen LogP contribution in [0.25, 0.3) is 0 Å². The van der Waals surface area contributed by atoms with Crippen molar-refractivity contribution in [1.29, 1.82) is 0 Å². The van der Waals surface area contributed by atoms with Crippen LogP contribution in [-0.2, 0) is 9.59 Å². The molecule has 1 heterocycles. The number of hydrogen-bond acceptors (Lipinski definition) is 10. The zero-order chi connectivity index (χ0) is 24.0. The van der Waals surface area contributed by atoms with Crippen molar-refractivity contribution < 1.29 is 33.7 Å². The summed E-state index contributed by atoms with van der Waals surface area (Å²) in [5, 5.41) is 20.3. The fourth-order valence-electron chi connectivity index (χ4n) is 2.68. The van der Waals surface area contributed by atoms with Gasteiger partial charge in [-0.15, -0.1) is 5.10 Å². The van der Waals surface area contributed by atoms with Crippen molar-refractivity contribution >= 4 is 52.6 Å². The molecule has 1 fully saturated rings. The number of carboxylic acids is 1. The fraction of sp³-hybridized carbons (Fsp3) is 0.190. The lowest BCUT2D eigenvalue weighted by Gasteiger charge is -2.12. The number of benzene rings is 2. The number of hydrogen-bond donors (Lipinski definition) is 1. The Balaban J connectivity index is 1.72. The number of methoxy groups -OCH3 is 2. The highest BCUT2D eigenvalue weighted by atomic mass is 35.5. The maximum Gasteiger partial charge on any atom is 0.343 e. The number of nitrogens with zero attached hydrogens (tertiary/aromatic N) is 2. The van der Waals surface area contributed by atoms with E-state index in [1.54, 1.807) is 24.3 Å². The van der Waals surface area contributed by atoms with Crippen LogP contribution in [0.1, 0.15) is 22.3 Å². The van der Waals surface area contributed by atoms with E-state index in [1.165, 1.54) is 32.6 Å². The van der Waals surface area contributed by atoms with Crippen LogP contribution in [0.5, 0.6) is 17.2 Å². The Bertz CT molecular complexity index is 1140. The number of amidine groups is 1. The van der Waals surface area contributed by atoms with E-state index in [1.807, 2.05) is 0 Å². The van der Waals surface area contributed by atoms with Crippen molar-refractivity contribution in [2.45, 2.75) is 11.7 Å². The largest absolute Gasteiger partial charge is 0.550 e. The molecule has 12 heteroatoms. The van der Waals surface area contributed by atoms with Gasteiger partial charge in [-0.3, -0.25) is 4.79 Å². The summed E-state index contributed by atoms with van der Waals surface area (Å²) in [7, 11) is 2.91. The maximum absolute atomic E-state index is 12.5. The summed E-state index contributed by atoms with van der Waals surface area (Å²) >= 11 is 7.23. The molecule has 2 aromatic rings. The van der Waals surface area contributed by atoms with E-state index in [-0.39, 0.29) is 21.7 Å². The van der Waals surface area contributed by atoms with Gasteiger partial charge in [-0.25, -0.2) is 4.79 Å². The number of carboxylic acid groups (broad SMARTS) is 1. The third-order valence-electron chi connectivity index (χ3n) is 4.26. The molecular formula is C21H17ClN3O7S-. The van der Waals surface area contributed by atoms with E-state index >= 15 is 0 Å². The summed E-state index contributed by atoms with van der Waals surface area (Å²) < 4.78 is 15.8.